The van der Waals surface area contributed by atoms with E-state index in [0.717, 1.165) is 54.1 Å². The number of hydrogen-bond donors (Lipinski definition) is 1. The summed E-state index contributed by atoms with van der Waals surface area (Å²) in [7, 11) is 1.50. The number of aryl methyl sites for hydroxylation is 1. The molecular weight excluding hydrogens is 408 g/mol. The number of likely N-dealkylation sites (N-methyl/N-ethyl adjacent to an activating group) is 1. The Labute approximate surface area is 188 Å². The molecule has 8 heteroatoms. The first kappa shape index (κ1) is 23.2. The number of benzene rings is 1. The Bertz CT molecular complexity index is 1020. The molecule has 8 nitrogen and oxygen atoms in total. The SMILES string of the molecule is CCCCc1ncc(/C=C2\C(=O)N(C)C(=O)N2CCCC)n1Cc1ccc(C(=O)O)cc1. The zero-order valence-electron chi connectivity index (χ0n) is 18.9. The normalized spacial score (nSPS) is 15.3. The first-order valence-electron chi connectivity index (χ1n) is 11.0. The van der Waals surface area contributed by atoms with Crippen LogP contribution in [0.4, 0.5) is 4.79 Å². The summed E-state index contributed by atoms with van der Waals surface area (Å²) in [4.78, 5) is 43.7. The van der Waals surface area contributed by atoms with Crippen molar-refractivity contribution >= 4 is 24.0 Å². The predicted octanol–water partition coefficient (Wildman–Crippen LogP) is 4.01. The van der Waals surface area contributed by atoms with Crippen molar-refractivity contribution in [2.75, 3.05) is 13.6 Å². The molecule has 0 unspecified atom stereocenters. The first-order chi connectivity index (χ1) is 15.4. The van der Waals surface area contributed by atoms with Crippen LogP contribution in [0.3, 0.4) is 0 Å². The Morgan fingerprint density at radius 1 is 1.09 bits per heavy atom. The number of aromatic nitrogens is 2. The molecule has 1 aromatic carbocycles. The first-order valence-corrected chi connectivity index (χ1v) is 11.0. The van der Waals surface area contributed by atoms with Gasteiger partial charge in [0.1, 0.15) is 11.5 Å². The molecule has 0 spiro atoms. The fourth-order valence-electron chi connectivity index (χ4n) is 3.67. The minimum Gasteiger partial charge on any atom is -0.478 e. The highest BCUT2D eigenvalue weighted by atomic mass is 16.4. The molecule has 0 radical (unpaired) electrons. The van der Waals surface area contributed by atoms with E-state index < -0.39 is 5.97 Å². The van der Waals surface area contributed by atoms with Gasteiger partial charge in [-0.1, -0.05) is 38.8 Å². The van der Waals surface area contributed by atoms with Gasteiger partial charge in [0.2, 0.25) is 0 Å². The molecule has 1 aliphatic heterocycles. The monoisotopic (exact) mass is 438 g/mol. The minimum absolute atomic E-state index is 0.234. The van der Waals surface area contributed by atoms with Crippen LogP contribution in [-0.2, 0) is 17.8 Å². The molecule has 3 amide bonds. The lowest BCUT2D eigenvalue weighted by Gasteiger charge is -2.16. The van der Waals surface area contributed by atoms with E-state index in [0.29, 0.717) is 18.8 Å². The molecule has 1 saturated heterocycles. The number of urea groups is 1. The van der Waals surface area contributed by atoms with Gasteiger partial charge in [0, 0.05) is 26.6 Å². The van der Waals surface area contributed by atoms with Gasteiger partial charge < -0.3 is 9.67 Å². The molecule has 2 heterocycles. The third kappa shape index (κ3) is 4.90. The number of carbonyl (C=O) groups excluding carboxylic acids is 2. The highest BCUT2D eigenvalue weighted by Gasteiger charge is 2.38. The summed E-state index contributed by atoms with van der Waals surface area (Å²) in [6.45, 7) is 5.14. The number of aromatic carboxylic acids is 1. The summed E-state index contributed by atoms with van der Waals surface area (Å²) in [6, 6.07) is 6.43. The summed E-state index contributed by atoms with van der Waals surface area (Å²) in [5, 5.41) is 9.14. The van der Waals surface area contributed by atoms with Crippen LogP contribution in [0.1, 0.15) is 67.0 Å². The number of imide groups is 1. The van der Waals surface area contributed by atoms with Crippen LogP contribution in [-0.4, -0.2) is 56.0 Å². The predicted molar refractivity (Wildman–Crippen MR) is 121 cm³/mol. The molecular formula is C24H30N4O4. The van der Waals surface area contributed by atoms with E-state index >= 15 is 0 Å². The van der Waals surface area contributed by atoms with Gasteiger partial charge in [-0.25, -0.2) is 14.6 Å². The van der Waals surface area contributed by atoms with E-state index in [9.17, 15) is 14.4 Å². The summed E-state index contributed by atoms with van der Waals surface area (Å²) >= 11 is 0. The molecule has 170 valence electrons. The van der Waals surface area contributed by atoms with Crippen molar-refractivity contribution in [1.82, 2.24) is 19.4 Å². The molecule has 1 aromatic heterocycles. The van der Waals surface area contributed by atoms with E-state index in [1.807, 2.05) is 11.5 Å². The smallest absolute Gasteiger partial charge is 0.335 e. The summed E-state index contributed by atoms with van der Waals surface area (Å²) in [6.07, 6.45) is 8.00. The standard InChI is InChI=1S/C24H30N4O4/c1-4-6-8-21-25-15-19(28(21)16-17-9-11-18(12-10-17)23(30)31)14-20-22(29)26(3)24(32)27(20)13-7-5-2/h9-12,14-15H,4-8,13,16H2,1-3H3,(H,30,31)/b20-14+. The molecule has 32 heavy (non-hydrogen) atoms. The number of hydrogen-bond acceptors (Lipinski definition) is 4. The molecule has 0 atom stereocenters. The van der Waals surface area contributed by atoms with Crippen LogP contribution in [0, 0.1) is 0 Å². The molecule has 0 aliphatic carbocycles. The second-order valence-corrected chi connectivity index (χ2v) is 7.97. The number of carbonyl (C=O) groups is 3. The quantitative estimate of drug-likeness (QED) is 0.447. The van der Waals surface area contributed by atoms with E-state index in [4.69, 9.17) is 5.11 Å². The lowest BCUT2D eigenvalue weighted by molar-refractivity contribution is -0.122. The van der Waals surface area contributed by atoms with Gasteiger partial charge >= 0.3 is 12.0 Å². The molecule has 2 aromatic rings. The number of rotatable bonds is 10. The molecule has 1 N–H and O–H groups in total. The second kappa shape index (κ2) is 10.3. The van der Waals surface area contributed by atoms with Gasteiger partial charge in [0.25, 0.3) is 5.91 Å². The number of nitrogens with zero attached hydrogens (tertiary/aromatic N) is 4. The van der Waals surface area contributed by atoms with E-state index in [1.165, 1.54) is 11.9 Å². The van der Waals surface area contributed by atoms with Crippen LogP contribution in [0.25, 0.3) is 6.08 Å². The molecule has 0 bridgehead atoms. The number of unbranched alkanes of at least 4 members (excludes halogenated alkanes) is 2. The zero-order chi connectivity index (χ0) is 23.3. The summed E-state index contributed by atoms with van der Waals surface area (Å²) in [5.41, 5.74) is 2.26. The zero-order valence-corrected chi connectivity index (χ0v) is 18.9. The third-order valence-electron chi connectivity index (χ3n) is 5.62. The van der Waals surface area contributed by atoms with Crippen LogP contribution in [0.15, 0.2) is 36.2 Å². The lowest BCUT2D eigenvalue weighted by Crippen LogP contribution is -2.30. The number of imidazole rings is 1. The summed E-state index contributed by atoms with van der Waals surface area (Å²) in [5.74, 6) is -0.389. The average Bonchev–Trinajstić information content (AvgIpc) is 3.25. The second-order valence-electron chi connectivity index (χ2n) is 7.97. The topological polar surface area (TPSA) is 95.7 Å². The molecule has 1 aliphatic rings. The van der Waals surface area contributed by atoms with Gasteiger partial charge in [0.15, 0.2) is 0 Å². The van der Waals surface area contributed by atoms with Crippen LogP contribution in [0.5, 0.6) is 0 Å². The highest BCUT2D eigenvalue weighted by Crippen LogP contribution is 2.24. The van der Waals surface area contributed by atoms with E-state index in [-0.39, 0.29) is 17.5 Å². The maximum absolute atomic E-state index is 12.8. The average molecular weight is 439 g/mol. The largest absolute Gasteiger partial charge is 0.478 e. The van der Waals surface area contributed by atoms with Crippen LogP contribution in [0.2, 0.25) is 0 Å². The van der Waals surface area contributed by atoms with Crippen molar-refractivity contribution in [2.24, 2.45) is 0 Å². The molecule has 3 rings (SSSR count). The molecule has 0 saturated carbocycles. The Kier molecular flexibility index (Phi) is 7.45. The lowest BCUT2D eigenvalue weighted by atomic mass is 10.1. The van der Waals surface area contributed by atoms with Crippen molar-refractivity contribution in [3.05, 3.63) is 58.8 Å². The van der Waals surface area contributed by atoms with Crippen molar-refractivity contribution in [2.45, 2.75) is 52.5 Å². The number of carboxylic acids is 1. The number of carboxylic acid groups (broad SMARTS) is 1. The minimum atomic E-state index is -0.964. The fourth-order valence-corrected chi connectivity index (χ4v) is 3.67. The van der Waals surface area contributed by atoms with Gasteiger partial charge in [-0.3, -0.25) is 14.6 Å². The Morgan fingerprint density at radius 3 is 2.41 bits per heavy atom. The summed E-state index contributed by atoms with van der Waals surface area (Å²) < 4.78 is 2.03. The van der Waals surface area contributed by atoms with E-state index in [2.05, 4.69) is 11.9 Å². The highest BCUT2D eigenvalue weighted by molar-refractivity contribution is 6.13. The van der Waals surface area contributed by atoms with Crippen molar-refractivity contribution < 1.29 is 19.5 Å². The Hall–Kier alpha value is -3.42. The van der Waals surface area contributed by atoms with Gasteiger partial charge in [-0.05, 0) is 36.6 Å². The van der Waals surface area contributed by atoms with Crippen LogP contribution < -0.4 is 0 Å². The van der Waals surface area contributed by atoms with Crippen molar-refractivity contribution in [3.63, 3.8) is 0 Å². The van der Waals surface area contributed by atoms with Gasteiger partial charge in [0.05, 0.1) is 17.5 Å². The van der Waals surface area contributed by atoms with Crippen molar-refractivity contribution in [3.8, 4) is 0 Å². The van der Waals surface area contributed by atoms with E-state index in [1.54, 1.807) is 36.5 Å². The molecule has 1 fully saturated rings. The maximum Gasteiger partial charge on any atom is 0.335 e. The maximum atomic E-state index is 12.8. The fraction of sp³-hybridized carbons (Fsp3) is 0.417. The van der Waals surface area contributed by atoms with Crippen LogP contribution >= 0.6 is 0 Å². The van der Waals surface area contributed by atoms with Gasteiger partial charge in [-0.15, -0.1) is 0 Å². The van der Waals surface area contributed by atoms with Gasteiger partial charge in [-0.2, -0.15) is 0 Å². The Balaban J connectivity index is 1.98. The Morgan fingerprint density at radius 2 is 1.78 bits per heavy atom. The number of amides is 3. The third-order valence-corrected chi connectivity index (χ3v) is 5.62. The van der Waals surface area contributed by atoms with Crippen molar-refractivity contribution in [1.29, 1.82) is 0 Å².